The van der Waals surface area contributed by atoms with E-state index >= 15 is 0 Å². The van der Waals surface area contributed by atoms with Gasteiger partial charge in [-0.1, -0.05) is 20.3 Å². The van der Waals surface area contributed by atoms with E-state index in [1.54, 1.807) is 0 Å². The molecule has 1 rings (SSSR count). The SMILES string of the molecule is CCCCC1N(CCC)N=CN1C(F)(F)C(F)(F)F. The largest absolute Gasteiger partial charge is 0.475 e. The summed E-state index contributed by atoms with van der Waals surface area (Å²) in [7, 11) is 0. The highest BCUT2D eigenvalue weighted by atomic mass is 19.4. The Morgan fingerprint density at radius 3 is 2.21 bits per heavy atom. The highest BCUT2D eigenvalue weighted by molar-refractivity contribution is 5.58. The first-order chi connectivity index (χ1) is 8.75. The summed E-state index contributed by atoms with van der Waals surface area (Å²) < 4.78 is 64.1. The molecule has 0 amide bonds. The molecule has 3 nitrogen and oxygen atoms in total. The molecule has 0 saturated heterocycles. The molecule has 1 aliphatic rings. The third kappa shape index (κ3) is 3.27. The molecule has 0 saturated carbocycles. The van der Waals surface area contributed by atoms with Gasteiger partial charge in [0.2, 0.25) is 0 Å². The summed E-state index contributed by atoms with van der Waals surface area (Å²) >= 11 is 0. The molecule has 1 aliphatic heterocycles. The highest BCUT2D eigenvalue weighted by Gasteiger charge is 2.64. The molecule has 0 bridgehead atoms. The Balaban J connectivity index is 2.89. The molecule has 19 heavy (non-hydrogen) atoms. The molecule has 8 heteroatoms. The topological polar surface area (TPSA) is 18.8 Å². The van der Waals surface area contributed by atoms with Crippen LogP contribution in [0.15, 0.2) is 5.10 Å². The Kier molecular flexibility index (Phi) is 4.98. The molecule has 0 radical (unpaired) electrons. The van der Waals surface area contributed by atoms with E-state index in [0.717, 1.165) is 6.42 Å². The minimum Gasteiger partial charge on any atom is -0.273 e. The van der Waals surface area contributed by atoms with E-state index in [-0.39, 0.29) is 11.3 Å². The molecular weight excluding hydrogens is 269 g/mol. The van der Waals surface area contributed by atoms with E-state index in [1.807, 2.05) is 13.8 Å². The number of hydrogen-bond acceptors (Lipinski definition) is 3. The fourth-order valence-electron chi connectivity index (χ4n) is 1.94. The third-order valence-electron chi connectivity index (χ3n) is 2.92. The number of unbranched alkanes of at least 4 members (excludes halogenated alkanes) is 1. The third-order valence-corrected chi connectivity index (χ3v) is 2.92. The fourth-order valence-corrected chi connectivity index (χ4v) is 1.94. The van der Waals surface area contributed by atoms with E-state index in [0.29, 0.717) is 25.7 Å². The van der Waals surface area contributed by atoms with Crippen LogP contribution in [0, 0.1) is 0 Å². The van der Waals surface area contributed by atoms with Crippen LogP contribution in [-0.2, 0) is 0 Å². The lowest BCUT2D eigenvalue weighted by molar-refractivity contribution is -0.334. The molecular formula is C11H18F5N3. The lowest BCUT2D eigenvalue weighted by Crippen LogP contribution is -2.56. The van der Waals surface area contributed by atoms with Crippen LogP contribution in [0.3, 0.4) is 0 Å². The number of nitrogens with zero attached hydrogens (tertiary/aromatic N) is 3. The standard InChI is InChI=1S/C11H18F5N3/c1-3-5-6-9-18(8-17-19(9)7-4-2)11(15,16)10(12,13)14/h8-9H,3-7H2,1-2H3. The molecule has 0 aromatic heterocycles. The summed E-state index contributed by atoms with van der Waals surface area (Å²) in [5.41, 5.74) is 0. The molecule has 0 aromatic rings. The van der Waals surface area contributed by atoms with Gasteiger partial charge in [-0.2, -0.15) is 27.1 Å². The first-order valence-electron chi connectivity index (χ1n) is 6.29. The lowest BCUT2D eigenvalue weighted by atomic mass is 10.2. The average molecular weight is 287 g/mol. The van der Waals surface area contributed by atoms with E-state index in [9.17, 15) is 22.0 Å². The molecule has 112 valence electrons. The van der Waals surface area contributed by atoms with Gasteiger partial charge in [-0.25, -0.2) is 0 Å². The second kappa shape index (κ2) is 5.92. The van der Waals surface area contributed by atoms with Gasteiger partial charge in [-0.05, 0) is 19.3 Å². The van der Waals surface area contributed by atoms with E-state index in [2.05, 4.69) is 5.10 Å². The van der Waals surface area contributed by atoms with Gasteiger partial charge < -0.3 is 0 Å². The van der Waals surface area contributed by atoms with Crippen LogP contribution in [0.2, 0.25) is 0 Å². The van der Waals surface area contributed by atoms with Gasteiger partial charge in [0.05, 0.1) is 0 Å². The molecule has 1 heterocycles. The summed E-state index contributed by atoms with van der Waals surface area (Å²) in [5.74, 6) is 0. The van der Waals surface area contributed by atoms with Crippen molar-refractivity contribution < 1.29 is 22.0 Å². The number of hydrazone groups is 1. The van der Waals surface area contributed by atoms with E-state index in [4.69, 9.17) is 0 Å². The van der Waals surface area contributed by atoms with Crippen LogP contribution in [0.5, 0.6) is 0 Å². The smallest absolute Gasteiger partial charge is 0.273 e. The summed E-state index contributed by atoms with van der Waals surface area (Å²) in [5, 5.41) is 4.98. The summed E-state index contributed by atoms with van der Waals surface area (Å²) in [6.45, 7) is 4.03. The predicted octanol–water partition coefficient (Wildman–Crippen LogP) is 3.63. The number of halogens is 5. The minimum atomic E-state index is -5.61. The van der Waals surface area contributed by atoms with Crippen molar-refractivity contribution in [3.63, 3.8) is 0 Å². The Morgan fingerprint density at radius 1 is 1.11 bits per heavy atom. The van der Waals surface area contributed by atoms with Crippen molar-refractivity contribution in [2.75, 3.05) is 6.54 Å². The van der Waals surface area contributed by atoms with Crippen molar-refractivity contribution in [3.8, 4) is 0 Å². The minimum absolute atomic E-state index is 0.0261. The van der Waals surface area contributed by atoms with Crippen LogP contribution in [0.4, 0.5) is 22.0 Å². The van der Waals surface area contributed by atoms with Gasteiger partial charge in [0.15, 0.2) is 0 Å². The van der Waals surface area contributed by atoms with Gasteiger partial charge in [-0.15, -0.1) is 0 Å². The maximum atomic E-state index is 13.4. The van der Waals surface area contributed by atoms with Crippen molar-refractivity contribution in [2.45, 2.75) is 57.9 Å². The zero-order valence-corrected chi connectivity index (χ0v) is 10.9. The summed E-state index contributed by atoms with van der Waals surface area (Å²) in [6.07, 6.45) is -3.89. The summed E-state index contributed by atoms with van der Waals surface area (Å²) in [4.78, 5) is 0.0261. The molecule has 0 spiro atoms. The first kappa shape index (κ1) is 16.0. The quantitative estimate of drug-likeness (QED) is 0.549. The molecule has 0 aliphatic carbocycles. The fraction of sp³-hybridized carbons (Fsp3) is 0.909. The molecule has 1 unspecified atom stereocenters. The Labute approximate surface area is 109 Å². The summed E-state index contributed by atoms with van der Waals surface area (Å²) in [6, 6.07) is -4.89. The van der Waals surface area contributed by atoms with E-state index < -0.39 is 18.4 Å². The second-order valence-electron chi connectivity index (χ2n) is 4.46. The van der Waals surface area contributed by atoms with Crippen molar-refractivity contribution in [2.24, 2.45) is 5.10 Å². The number of rotatable bonds is 6. The van der Waals surface area contributed by atoms with Gasteiger partial charge in [0.1, 0.15) is 12.5 Å². The van der Waals surface area contributed by atoms with Crippen molar-refractivity contribution in [1.29, 1.82) is 0 Å². The van der Waals surface area contributed by atoms with Gasteiger partial charge in [0.25, 0.3) is 0 Å². The average Bonchev–Trinajstić information content (AvgIpc) is 2.69. The second-order valence-corrected chi connectivity index (χ2v) is 4.46. The molecule has 0 fully saturated rings. The lowest BCUT2D eigenvalue weighted by Gasteiger charge is -2.36. The number of alkyl halides is 5. The maximum Gasteiger partial charge on any atom is 0.475 e. The van der Waals surface area contributed by atoms with E-state index in [1.165, 1.54) is 5.01 Å². The van der Waals surface area contributed by atoms with Gasteiger partial charge in [0, 0.05) is 6.54 Å². The zero-order valence-electron chi connectivity index (χ0n) is 10.9. The van der Waals surface area contributed by atoms with Gasteiger partial charge in [-0.3, -0.25) is 9.91 Å². The van der Waals surface area contributed by atoms with Crippen LogP contribution in [-0.4, -0.2) is 41.2 Å². The highest BCUT2D eigenvalue weighted by Crippen LogP contribution is 2.41. The molecule has 0 aromatic carbocycles. The predicted molar refractivity (Wildman–Crippen MR) is 61.6 cm³/mol. The van der Waals surface area contributed by atoms with Gasteiger partial charge >= 0.3 is 12.2 Å². The molecule has 0 N–H and O–H groups in total. The van der Waals surface area contributed by atoms with Crippen LogP contribution < -0.4 is 0 Å². The molecule has 1 atom stereocenters. The van der Waals surface area contributed by atoms with Crippen LogP contribution in [0.1, 0.15) is 39.5 Å². The first-order valence-corrected chi connectivity index (χ1v) is 6.29. The Hall–Kier alpha value is -1.08. The zero-order chi connectivity index (χ0) is 14.7. The van der Waals surface area contributed by atoms with Crippen molar-refractivity contribution >= 4 is 6.34 Å². The van der Waals surface area contributed by atoms with Crippen molar-refractivity contribution in [1.82, 2.24) is 9.91 Å². The monoisotopic (exact) mass is 287 g/mol. The van der Waals surface area contributed by atoms with Crippen LogP contribution >= 0.6 is 0 Å². The Morgan fingerprint density at radius 2 is 1.74 bits per heavy atom. The Bertz CT molecular complexity index is 316. The number of hydrogen-bond donors (Lipinski definition) is 0. The maximum absolute atomic E-state index is 13.4. The normalized spacial score (nSPS) is 20.5. The van der Waals surface area contributed by atoms with Crippen LogP contribution in [0.25, 0.3) is 0 Å². The van der Waals surface area contributed by atoms with Crippen molar-refractivity contribution in [3.05, 3.63) is 0 Å².